The van der Waals surface area contributed by atoms with Crippen LogP contribution in [0.3, 0.4) is 0 Å². The Hall–Kier alpha value is -5.31. The molecule has 1 atom stereocenters. The molecule has 200 valence electrons. The zero-order valence-corrected chi connectivity index (χ0v) is 21.4. The molecule has 0 fully saturated rings. The standard InChI is InChI=1S/C31H22O9/c1-36-24-9-7-18(13-26(24)37-2)21-15-38-30-19(29(21)33)8-10-25-28(30)20(14-27(32)40-25)23-12-11-22(39-23)16-3-5-17(6-4-16)31(34)35/h3-13,15,20H,14H2,1-2H3,(H,34,35)/t20-/m0/s1. The van der Waals surface area contributed by atoms with Gasteiger partial charge in [0.05, 0.1) is 43.1 Å². The fraction of sp³-hybridized carbons (Fsp3) is 0.129. The summed E-state index contributed by atoms with van der Waals surface area (Å²) in [6.07, 6.45) is 1.37. The number of methoxy groups -OCH3 is 2. The van der Waals surface area contributed by atoms with Gasteiger partial charge in [-0.15, -0.1) is 0 Å². The molecular weight excluding hydrogens is 516 g/mol. The van der Waals surface area contributed by atoms with Crippen LogP contribution in [0.5, 0.6) is 17.2 Å². The van der Waals surface area contributed by atoms with Gasteiger partial charge in [0, 0.05) is 11.1 Å². The molecule has 1 aliphatic heterocycles. The first kappa shape index (κ1) is 25.0. The van der Waals surface area contributed by atoms with Crippen molar-refractivity contribution < 1.29 is 37.7 Å². The van der Waals surface area contributed by atoms with E-state index < -0.39 is 17.9 Å². The highest BCUT2D eigenvalue weighted by atomic mass is 16.5. The van der Waals surface area contributed by atoms with Gasteiger partial charge in [-0.1, -0.05) is 18.2 Å². The van der Waals surface area contributed by atoms with Crippen LogP contribution in [0.25, 0.3) is 33.4 Å². The first-order valence-corrected chi connectivity index (χ1v) is 12.3. The normalized spacial score (nSPS) is 14.4. The maximum atomic E-state index is 13.6. The Balaban J connectivity index is 1.44. The van der Waals surface area contributed by atoms with Gasteiger partial charge in [-0.2, -0.15) is 0 Å². The maximum absolute atomic E-state index is 13.6. The van der Waals surface area contributed by atoms with Gasteiger partial charge in [0.15, 0.2) is 11.5 Å². The van der Waals surface area contributed by atoms with Gasteiger partial charge in [-0.3, -0.25) is 9.59 Å². The molecule has 40 heavy (non-hydrogen) atoms. The number of furan rings is 1. The van der Waals surface area contributed by atoms with Crippen molar-refractivity contribution in [1.82, 2.24) is 0 Å². The van der Waals surface area contributed by atoms with E-state index in [1.54, 1.807) is 54.6 Å². The van der Waals surface area contributed by atoms with Crippen LogP contribution in [0.4, 0.5) is 0 Å². The van der Waals surface area contributed by atoms with Gasteiger partial charge < -0.3 is 28.2 Å². The molecule has 3 aromatic carbocycles. The van der Waals surface area contributed by atoms with Crippen molar-refractivity contribution in [2.45, 2.75) is 12.3 Å². The van der Waals surface area contributed by atoms with Crippen LogP contribution in [0.2, 0.25) is 0 Å². The third-order valence-electron chi connectivity index (χ3n) is 6.96. The number of carbonyl (C=O) groups excluding carboxylic acids is 1. The number of fused-ring (bicyclic) bond motifs is 3. The second-order valence-corrected chi connectivity index (χ2v) is 9.22. The van der Waals surface area contributed by atoms with Gasteiger partial charge in [0.1, 0.15) is 29.1 Å². The molecule has 6 rings (SSSR count). The molecule has 5 aromatic rings. The summed E-state index contributed by atoms with van der Waals surface area (Å²) in [5, 5.41) is 9.49. The number of carboxylic acid groups (broad SMARTS) is 1. The fourth-order valence-corrected chi connectivity index (χ4v) is 4.97. The van der Waals surface area contributed by atoms with Crippen molar-refractivity contribution in [3.8, 4) is 39.7 Å². The summed E-state index contributed by atoms with van der Waals surface area (Å²) in [6, 6.07) is 18.1. The molecule has 0 unspecified atom stereocenters. The number of hydrogen-bond acceptors (Lipinski definition) is 8. The van der Waals surface area contributed by atoms with Crippen molar-refractivity contribution in [3.05, 3.63) is 100 Å². The number of hydrogen-bond donors (Lipinski definition) is 1. The van der Waals surface area contributed by atoms with Crippen molar-refractivity contribution in [1.29, 1.82) is 0 Å². The van der Waals surface area contributed by atoms with E-state index in [9.17, 15) is 14.4 Å². The van der Waals surface area contributed by atoms with Crippen LogP contribution in [-0.2, 0) is 4.79 Å². The van der Waals surface area contributed by atoms with Crippen LogP contribution in [0.15, 0.2) is 86.6 Å². The zero-order chi connectivity index (χ0) is 28.0. The topological polar surface area (TPSA) is 125 Å². The molecule has 0 aliphatic carbocycles. The minimum Gasteiger partial charge on any atom is -0.493 e. The summed E-state index contributed by atoms with van der Waals surface area (Å²) in [5.74, 6) is 0.256. The van der Waals surface area contributed by atoms with Gasteiger partial charge in [-0.25, -0.2) is 4.79 Å². The molecule has 0 radical (unpaired) electrons. The van der Waals surface area contributed by atoms with Crippen molar-refractivity contribution in [2.75, 3.05) is 14.2 Å². The molecule has 0 bridgehead atoms. The lowest BCUT2D eigenvalue weighted by Crippen LogP contribution is -2.21. The van der Waals surface area contributed by atoms with E-state index in [2.05, 4.69) is 0 Å². The lowest BCUT2D eigenvalue weighted by Gasteiger charge is -2.23. The Kier molecular flexibility index (Phi) is 6.11. The second kappa shape index (κ2) is 9.77. The predicted octanol–water partition coefficient (Wildman–Crippen LogP) is 5.88. The number of carbonyl (C=O) groups is 2. The average Bonchev–Trinajstić information content (AvgIpc) is 3.46. The molecular formula is C31H22O9. The monoisotopic (exact) mass is 538 g/mol. The lowest BCUT2D eigenvalue weighted by atomic mass is 9.88. The number of ether oxygens (including phenoxy) is 3. The van der Waals surface area contributed by atoms with Gasteiger partial charge in [-0.05, 0) is 54.1 Å². The van der Waals surface area contributed by atoms with Gasteiger partial charge >= 0.3 is 11.9 Å². The third kappa shape index (κ3) is 4.17. The second-order valence-electron chi connectivity index (χ2n) is 9.22. The van der Waals surface area contributed by atoms with E-state index >= 15 is 0 Å². The molecule has 1 N–H and O–H groups in total. The highest BCUT2D eigenvalue weighted by Crippen LogP contribution is 2.44. The van der Waals surface area contributed by atoms with E-state index in [-0.39, 0.29) is 17.4 Å². The Bertz CT molecular complexity index is 1840. The first-order chi connectivity index (χ1) is 19.4. The quantitative estimate of drug-likeness (QED) is 0.208. The molecule has 0 spiro atoms. The van der Waals surface area contributed by atoms with E-state index in [1.165, 1.54) is 32.6 Å². The van der Waals surface area contributed by atoms with Gasteiger partial charge in [0.2, 0.25) is 5.43 Å². The molecule has 0 saturated carbocycles. The smallest absolute Gasteiger partial charge is 0.335 e. The predicted molar refractivity (Wildman–Crippen MR) is 144 cm³/mol. The molecule has 0 saturated heterocycles. The molecule has 0 amide bonds. The van der Waals surface area contributed by atoms with Crippen LogP contribution in [0, 0.1) is 0 Å². The Morgan fingerprint density at radius 3 is 2.38 bits per heavy atom. The SMILES string of the molecule is COc1ccc(-c2coc3c4c(ccc3c2=O)OC(=O)C[C@H]4c2ccc(-c3ccc(C(=O)O)cc3)o2)cc1OC. The number of rotatable bonds is 6. The Labute approximate surface area is 227 Å². The van der Waals surface area contributed by atoms with Crippen LogP contribution in [-0.4, -0.2) is 31.3 Å². The fourth-order valence-electron chi connectivity index (χ4n) is 4.97. The highest BCUT2D eigenvalue weighted by molar-refractivity contribution is 5.90. The van der Waals surface area contributed by atoms with Crippen LogP contribution < -0.4 is 19.6 Å². The molecule has 9 nitrogen and oxygen atoms in total. The molecule has 2 aromatic heterocycles. The Morgan fingerprint density at radius 1 is 0.900 bits per heavy atom. The summed E-state index contributed by atoms with van der Waals surface area (Å²) >= 11 is 0. The number of benzene rings is 3. The molecule has 1 aliphatic rings. The summed E-state index contributed by atoms with van der Waals surface area (Å²) < 4.78 is 28.4. The van der Waals surface area contributed by atoms with Crippen molar-refractivity contribution >= 4 is 22.9 Å². The number of carboxylic acids is 1. The van der Waals surface area contributed by atoms with E-state index in [1.807, 2.05) is 0 Å². The number of esters is 1. The lowest BCUT2D eigenvalue weighted by molar-refractivity contribution is -0.135. The largest absolute Gasteiger partial charge is 0.493 e. The zero-order valence-electron chi connectivity index (χ0n) is 21.4. The van der Waals surface area contributed by atoms with Crippen molar-refractivity contribution in [3.63, 3.8) is 0 Å². The first-order valence-electron chi connectivity index (χ1n) is 12.3. The molecule has 3 heterocycles. The minimum atomic E-state index is -1.02. The van der Waals surface area contributed by atoms with Crippen LogP contribution >= 0.6 is 0 Å². The minimum absolute atomic E-state index is 0.0157. The van der Waals surface area contributed by atoms with E-state index in [4.69, 9.17) is 28.2 Å². The summed E-state index contributed by atoms with van der Waals surface area (Å²) in [6.45, 7) is 0. The summed E-state index contributed by atoms with van der Waals surface area (Å²) in [4.78, 5) is 37.3. The van der Waals surface area contributed by atoms with E-state index in [0.29, 0.717) is 62.0 Å². The third-order valence-corrected chi connectivity index (χ3v) is 6.96. The van der Waals surface area contributed by atoms with Crippen LogP contribution in [0.1, 0.15) is 34.0 Å². The van der Waals surface area contributed by atoms with E-state index in [0.717, 1.165) is 0 Å². The Morgan fingerprint density at radius 2 is 1.65 bits per heavy atom. The van der Waals surface area contributed by atoms with Crippen molar-refractivity contribution in [2.24, 2.45) is 0 Å². The average molecular weight is 539 g/mol. The number of aromatic carboxylic acids is 1. The summed E-state index contributed by atoms with van der Waals surface area (Å²) in [7, 11) is 3.05. The van der Waals surface area contributed by atoms with Gasteiger partial charge in [0.25, 0.3) is 0 Å². The highest BCUT2D eigenvalue weighted by Gasteiger charge is 2.34. The summed E-state index contributed by atoms with van der Waals surface area (Å²) in [5.41, 5.74) is 2.35. The molecule has 9 heteroatoms. The maximum Gasteiger partial charge on any atom is 0.335 e.